The fraction of sp³-hybridized carbons (Fsp3) is 0.188. The van der Waals surface area contributed by atoms with Crippen LogP contribution in [-0.2, 0) is 16.1 Å². The summed E-state index contributed by atoms with van der Waals surface area (Å²) in [6, 6.07) is 11.5. The second-order valence-corrected chi connectivity index (χ2v) is 4.44. The minimum absolute atomic E-state index is 0.344. The molecule has 110 valence electrons. The molecule has 0 aliphatic carbocycles. The van der Waals surface area contributed by atoms with Crippen LogP contribution in [0, 0.1) is 0 Å². The Morgan fingerprint density at radius 3 is 2.52 bits per heavy atom. The minimum atomic E-state index is -0.452. The van der Waals surface area contributed by atoms with Crippen molar-refractivity contribution >= 4 is 11.5 Å². The number of aromatic nitrogens is 1. The summed E-state index contributed by atoms with van der Waals surface area (Å²) in [6.45, 7) is 0.626. The fourth-order valence-corrected chi connectivity index (χ4v) is 2.09. The SMILES string of the molecule is COC(=O)C(=CN)c1cccn1Cc1ccc(OC)cc1. The molecule has 0 amide bonds. The second-order valence-electron chi connectivity index (χ2n) is 4.44. The zero-order valence-electron chi connectivity index (χ0n) is 12.1. The van der Waals surface area contributed by atoms with Crippen molar-refractivity contribution in [1.29, 1.82) is 0 Å². The summed E-state index contributed by atoms with van der Waals surface area (Å²) >= 11 is 0. The molecular weight excluding hydrogens is 268 g/mol. The number of carbonyl (C=O) groups is 1. The number of carbonyl (C=O) groups excluding carboxylic acids is 1. The first-order valence-electron chi connectivity index (χ1n) is 6.48. The summed E-state index contributed by atoms with van der Waals surface area (Å²) in [7, 11) is 2.97. The normalized spacial score (nSPS) is 11.2. The molecule has 0 unspecified atom stereocenters. The van der Waals surface area contributed by atoms with E-state index >= 15 is 0 Å². The Morgan fingerprint density at radius 1 is 1.24 bits per heavy atom. The zero-order chi connectivity index (χ0) is 15.2. The van der Waals surface area contributed by atoms with Gasteiger partial charge in [0.1, 0.15) is 5.75 Å². The number of nitrogens with zero attached hydrogens (tertiary/aromatic N) is 1. The molecule has 2 rings (SSSR count). The summed E-state index contributed by atoms with van der Waals surface area (Å²) in [5.41, 5.74) is 7.71. The highest BCUT2D eigenvalue weighted by molar-refractivity contribution is 6.15. The topological polar surface area (TPSA) is 66.5 Å². The molecule has 0 saturated heterocycles. The van der Waals surface area contributed by atoms with E-state index in [1.807, 2.05) is 47.2 Å². The number of hydrogen-bond donors (Lipinski definition) is 1. The lowest BCUT2D eigenvalue weighted by Gasteiger charge is -2.11. The van der Waals surface area contributed by atoms with Gasteiger partial charge in [0, 0.05) is 18.9 Å². The standard InChI is InChI=1S/C16H18N2O3/c1-20-13-7-5-12(6-8-13)11-18-9-3-4-15(18)14(10-17)16(19)21-2/h3-10H,11,17H2,1-2H3. The first-order valence-corrected chi connectivity index (χ1v) is 6.48. The van der Waals surface area contributed by atoms with E-state index in [4.69, 9.17) is 15.2 Å². The number of nitrogens with two attached hydrogens (primary N) is 1. The molecule has 1 aromatic heterocycles. The molecule has 0 aliphatic heterocycles. The highest BCUT2D eigenvalue weighted by Crippen LogP contribution is 2.19. The average Bonchev–Trinajstić information content (AvgIpc) is 2.96. The van der Waals surface area contributed by atoms with E-state index in [0.717, 1.165) is 17.0 Å². The first kappa shape index (κ1) is 14.7. The van der Waals surface area contributed by atoms with E-state index in [2.05, 4.69) is 0 Å². The lowest BCUT2D eigenvalue weighted by atomic mass is 10.2. The van der Waals surface area contributed by atoms with E-state index in [9.17, 15) is 4.79 Å². The maximum absolute atomic E-state index is 11.7. The van der Waals surface area contributed by atoms with Gasteiger partial charge in [-0.3, -0.25) is 0 Å². The molecule has 21 heavy (non-hydrogen) atoms. The van der Waals surface area contributed by atoms with Gasteiger partial charge >= 0.3 is 5.97 Å². The number of hydrogen-bond acceptors (Lipinski definition) is 4. The monoisotopic (exact) mass is 286 g/mol. The maximum Gasteiger partial charge on any atom is 0.341 e. The van der Waals surface area contributed by atoms with E-state index in [-0.39, 0.29) is 0 Å². The third-order valence-electron chi connectivity index (χ3n) is 3.19. The van der Waals surface area contributed by atoms with Crippen molar-refractivity contribution in [3.8, 4) is 5.75 Å². The van der Waals surface area contributed by atoms with Crippen molar-refractivity contribution in [3.63, 3.8) is 0 Å². The van der Waals surface area contributed by atoms with Gasteiger partial charge in [0.05, 0.1) is 25.5 Å². The highest BCUT2D eigenvalue weighted by atomic mass is 16.5. The molecule has 0 saturated carbocycles. The minimum Gasteiger partial charge on any atom is -0.497 e. The van der Waals surface area contributed by atoms with Crippen LogP contribution < -0.4 is 10.5 Å². The number of ether oxygens (including phenoxy) is 2. The zero-order valence-corrected chi connectivity index (χ0v) is 12.1. The van der Waals surface area contributed by atoms with Crippen LogP contribution in [0.4, 0.5) is 0 Å². The van der Waals surface area contributed by atoms with Crippen LogP contribution in [0.2, 0.25) is 0 Å². The van der Waals surface area contributed by atoms with E-state index in [0.29, 0.717) is 12.1 Å². The van der Waals surface area contributed by atoms with Gasteiger partial charge in [-0.1, -0.05) is 12.1 Å². The lowest BCUT2D eigenvalue weighted by Crippen LogP contribution is -2.11. The van der Waals surface area contributed by atoms with Gasteiger partial charge in [0.25, 0.3) is 0 Å². The quantitative estimate of drug-likeness (QED) is 0.674. The number of rotatable bonds is 5. The van der Waals surface area contributed by atoms with Crippen molar-refractivity contribution < 1.29 is 14.3 Å². The third kappa shape index (κ3) is 3.25. The number of methoxy groups -OCH3 is 2. The molecular formula is C16H18N2O3. The van der Waals surface area contributed by atoms with Gasteiger partial charge in [0.15, 0.2) is 0 Å². The molecule has 1 heterocycles. The Morgan fingerprint density at radius 2 is 1.95 bits per heavy atom. The highest BCUT2D eigenvalue weighted by Gasteiger charge is 2.15. The Labute approximate surface area is 123 Å². The molecule has 0 bridgehead atoms. The molecule has 5 nitrogen and oxygen atoms in total. The molecule has 0 spiro atoms. The molecule has 1 aromatic carbocycles. The average molecular weight is 286 g/mol. The smallest absolute Gasteiger partial charge is 0.341 e. The Balaban J connectivity index is 2.25. The van der Waals surface area contributed by atoms with Crippen LogP contribution in [0.25, 0.3) is 5.57 Å². The van der Waals surface area contributed by atoms with Crippen LogP contribution in [-0.4, -0.2) is 24.8 Å². The van der Waals surface area contributed by atoms with Crippen LogP contribution in [0.15, 0.2) is 48.8 Å². The van der Waals surface area contributed by atoms with Gasteiger partial charge in [-0.05, 0) is 29.8 Å². The van der Waals surface area contributed by atoms with Crippen LogP contribution in [0.3, 0.4) is 0 Å². The number of esters is 1. The van der Waals surface area contributed by atoms with Gasteiger partial charge in [-0.15, -0.1) is 0 Å². The van der Waals surface area contributed by atoms with Crippen molar-refractivity contribution in [3.05, 3.63) is 60.1 Å². The van der Waals surface area contributed by atoms with Crippen molar-refractivity contribution in [2.24, 2.45) is 5.73 Å². The summed E-state index contributed by atoms with van der Waals surface area (Å²) in [5, 5.41) is 0. The van der Waals surface area contributed by atoms with Crippen LogP contribution in [0.1, 0.15) is 11.3 Å². The fourth-order valence-electron chi connectivity index (χ4n) is 2.09. The summed E-state index contributed by atoms with van der Waals surface area (Å²) in [6.07, 6.45) is 3.16. The molecule has 2 aromatic rings. The summed E-state index contributed by atoms with van der Waals surface area (Å²) in [4.78, 5) is 11.7. The predicted octanol–water partition coefficient (Wildman–Crippen LogP) is 2.02. The van der Waals surface area contributed by atoms with E-state index in [1.165, 1.54) is 13.3 Å². The van der Waals surface area contributed by atoms with Crippen LogP contribution >= 0.6 is 0 Å². The van der Waals surface area contributed by atoms with Crippen molar-refractivity contribution in [1.82, 2.24) is 4.57 Å². The molecule has 0 radical (unpaired) electrons. The van der Waals surface area contributed by atoms with Crippen LogP contribution in [0.5, 0.6) is 5.75 Å². The largest absolute Gasteiger partial charge is 0.497 e. The van der Waals surface area contributed by atoms with Crippen molar-refractivity contribution in [2.75, 3.05) is 14.2 Å². The Bertz CT molecular complexity index is 642. The van der Waals surface area contributed by atoms with Crippen molar-refractivity contribution in [2.45, 2.75) is 6.54 Å². The Hall–Kier alpha value is -2.69. The van der Waals surface area contributed by atoms with Gasteiger partial charge in [0.2, 0.25) is 0 Å². The lowest BCUT2D eigenvalue weighted by molar-refractivity contribution is -0.133. The Kier molecular flexibility index (Phi) is 4.66. The molecule has 5 heteroatoms. The third-order valence-corrected chi connectivity index (χ3v) is 3.19. The number of benzene rings is 1. The summed E-state index contributed by atoms with van der Waals surface area (Å²) in [5.74, 6) is 0.357. The molecule has 0 aliphatic rings. The van der Waals surface area contributed by atoms with Gasteiger partial charge < -0.3 is 19.8 Å². The molecule has 0 atom stereocenters. The van der Waals surface area contributed by atoms with E-state index in [1.54, 1.807) is 7.11 Å². The maximum atomic E-state index is 11.7. The molecule has 2 N–H and O–H groups in total. The first-order chi connectivity index (χ1) is 10.2. The predicted molar refractivity (Wildman–Crippen MR) is 80.7 cm³/mol. The summed E-state index contributed by atoms with van der Waals surface area (Å²) < 4.78 is 11.8. The molecule has 0 fully saturated rings. The van der Waals surface area contributed by atoms with Gasteiger partial charge in [-0.2, -0.15) is 0 Å². The second kappa shape index (κ2) is 6.65. The van der Waals surface area contributed by atoms with E-state index < -0.39 is 5.97 Å². The van der Waals surface area contributed by atoms with Gasteiger partial charge in [-0.25, -0.2) is 4.79 Å².